The molecule has 3 aromatic rings. The Morgan fingerprint density at radius 1 is 1.36 bits per heavy atom. The minimum Gasteiger partial charge on any atom is -0.337 e. The molecule has 0 unspecified atom stereocenters. The fourth-order valence-corrected chi connectivity index (χ4v) is 2.42. The summed E-state index contributed by atoms with van der Waals surface area (Å²) in [5.74, 6) is -0.0883. The van der Waals surface area contributed by atoms with Crippen molar-refractivity contribution in [2.45, 2.75) is 6.92 Å². The van der Waals surface area contributed by atoms with E-state index in [0.717, 1.165) is 16.6 Å². The molecular formula is C17H11ClFN3. The van der Waals surface area contributed by atoms with E-state index in [0.29, 0.717) is 5.82 Å². The van der Waals surface area contributed by atoms with Crippen LogP contribution in [0.1, 0.15) is 17.0 Å². The number of imidazole rings is 1. The van der Waals surface area contributed by atoms with Crippen LogP contribution in [0.2, 0.25) is 5.02 Å². The summed E-state index contributed by atoms with van der Waals surface area (Å²) in [6.45, 7) is 1.97. The second-order valence-electron chi connectivity index (χ2n) is 4.91. The average Bonchev–Trinajstić information content (AvgIpc) is 2.89. The number of aryl methyl sites for hydroxylation is 1. The molecule has 0 saturated heterocycles. The number of nitrogens with one attached hydrogen (secondary N) is 1. The van der Waals surface area contributed by atoms with Gasteiger partial charge in [0, 0.05) is 5.56 Å². The van der Waals surface area contributed by atoms with Gasteiger partial charge in [0.05, 0.1) is 21.6 Å². The Labute approximate surface area is 131 Å². The molecule has 3 nitrogen and oxygen atoms in total. The topological polar surface area (TPSA) is 52.5 Å². The van der Waals surface area contributed by atoms with Gasteiger partial charge in [0.15, 0.2) is 0 Å². The van der Waals surface area contributed by atoms with E-state index in [2.05, 4.69) is 9.97 Å². The van der Waals surface area contributed by atoms with Crippen LogP contribution in [0.25, 0.3) is 22.7 Å². The SMILES string of the molecule is Cc1ccc2nc(/C(C#N)=C\c3c(F)cccc3Cl)[nH]c2c1. The van der Waals surface area contributed by atoms with Crippen molar-refractivity contribution in [1.29, 1.82) is 5.26 Å². The second-order valence-corrected chi connectivity index (χ2v) is 5.32. The summed E-state index contributed by atoms with van der Waals surface area (Å²) >= 11 is 5.99. The maximum absolute atomic E-state index is 13.9. The van der Waals surface area contributed by atoms with Crippen molar-refractivity contribution in [2.24, 2.45) is 0 Å². The van der Waals surface area contributed by atoms with Gasteiger partial charge in [-0.05, 0) is 42.8 Å². The molecule has 2 aromatic carbocycles. The van der Waals surface area contributed by atoms with Crippen molar-refractivity contribution >= 4 is 34.3 Å². The quantitative estimate of drug-likeness (QED) is 0.696. The summed E-state index contributed by atoms with van der Waals surface area (Å²) in [4.78, 5) is 7.45. The zero-order valence-electron chi connectivity index (χ0n) is 11.7. The molecule has 0 fully saturated rings. The van der Waals surface area contributed by atoms with Crippen molar-refractivity contribution in [3.63, 3.8) is 0 Å². The minimum absolute atomic E-state index is 0.178. The largest absolute Gasteiger partial charge is 0.337 e. The number of rotatable bonds is 2. The van der Waals surface area contributed by atoms with Crippen LogP contribution < -0.4 is 0 Å². The predicted octanol–water partition coefficient (Wildman–Crippen LogP) is 4.73. The first-order chi connectivity index (χ1) is 10.6. The fraction of sp³-hybridized carbons (Fsp3) is 0.0588. The summed E-state index contributed by atoms with van der Waals surface area (Å²) in [6.07, 6.45) is 1.40. The van der Waals surface area contributed by atoms with Gasteiger partial charge in [-0.25, -0.2) is 9.37 Å². The lowest BCUT2D eigenvalue weighted by Crippen LogP contribution is -1.88. The molecule has 0 aliphatic heterocycles. The van der Waals surface area contributed by atoms with Crippen molar-refractivity contribution in [3.05, 3.63) is 64.2 Å². The van der Waals surface area contributed by atoms with Crippen LogP contribution in [0.4, 0.5) is 4.39 Å². The highest BCUT2D eigenvalue weighted by molar-refractivity contribution is 6.32. The number of hydrogen-bond donors (Lipinski definition) is 1. The Morgan fingerprint density at radius 2 is 2.18 bits per heavy atom. The summed E-state index contributed by atoms with van der Waals surface area (Å²) < 4.78 is 13.9. The minimum atomic E-state index is -0.479. The monoisotopic (exact) mass is 311 g/mol. The Balaban J connectivity index is 2.14. The van der Waals surface area contributed by atoms with Crippen LogP contribution in [0, 0.1) is 24.1 Å². The Kier molecular flexibility index (Phi) is 3.66. The Bertz CT molecular complexity index is 914. The molecule has 0 aliphatic carbocycles. The van der Waals surface area contributed by atoms with E-state index in [9.17, 15) is 9.65 Å². The molecular weight excluding hydrogens is 301 g/mol. The summed E-state index contributed by atoms with van der Waals surface area (Å²) in [7, 11) is 0. The third-order valence-electron chi connectivity index (χ3n) is 3.30. The maximum atomic E-state index is 13.9. The first-order valence-electron chi connectivity index (χ1n) is 6.61. The molecule has 22 heavy (non-hydrogen) atoms. The first-order valence-corrected chi connectivity index (χ1v) is 6.99. The number of nitriles is 1. The number of allylic oxidation sites excluding steroid dienone is 1. The van der Waals surface area contributed by atoms with Crippen LogP contribution in [0.15, 0.2) is 36.4 Å². The van der Waals surface area contributed by atoms with E-state index in [1.165, 1.54) is 18.2 Å². The molecule has 0 amide bonds. The summed E-state index contributed by atoms with van der Waals surface area (Å²) in [5.41, 5.74) is 3.07. The van der Waals surface area contributed by atoms with Crippen LogP contribution in [0.3, 0.4) is 0 Å². The third-order valence-corrected chi connectivity index (χ3v) is 3.63. The highest BCUT2D eigenvalue weighted by Crippen LogP contribution is 2.25. The number of benzene rings is 2. The number of fused-ring (bicyclic) bond motifs is 1. The zero-order chi connectivity index (χ0) is 15.7. The van der Waals surface area contributed by atoms with Crippen molar-refractivity contribution in [1.82, 2.24) is 9.97 Å². The summed E-state index contributed by atoms with van der Waals surface area (Å²) in [6, 6.07) is 12.2. The average molecular weight is 312 g/mol. The van der Waals surface area contributed by atoms with Gasteiger partial charge in [-0.2, -0.15) is 5.26 Å². The van der Waals surface area contributed by atoms with Gasteiger partial charge in [0.1, 0.15) is 17.7 Å². The van der Waals surface area contributed by atoms with E-state index in [4.69, 9.17) is 11.6 Å². The molecule has 0 aliphatic rings. The Morgan fingerprint density at radius 3 is 2.91 bits per heavy atom. The van der Waals surface area contributed by atoms with E-state index >= 15 is 0 Å². The standard InChI is InChI=1S/C17H11ClFN3/c1-10-5-6-15-16(7-10)22-17(21-15)11(9-20)8-12-13(18)3-2-4-14(12)19/h2-8H,1H3,(H,21,22)/b11-8-. The number of hydrogen-bond acceptors (Lipinski definition) is 2. The van der Waals surface area contributed by atoms with Crippen LogP contribution in [-0.2, 0) is 0 Å². The van der Waals surface area contributed by atoms with Gasteiger partial charge in [-0.3, -0.25) is 0 Å². The number of aromatic nitrogens is 2. The van der Waals surface area contributed by atoms with E-state index < -0.39 is 5.82 Å². The van der Waals surface area contributed by atoms with Crippen LogP contribution >= 0.6 is 11.6 Å². The van der Waals surface area contributed by atoms with Gasteiger partial charge >= 0.3 is 0 Å². The Hall–Kier alpha value is -2.64. The highest BCUT2D eigenvalue weighted by Gasteiger charge is 2.11. The molecule has 0 spiro atoms. The number of nitrogens with zero attached hydrogens (tertiary/aromatic N) is 2. The molecule has 0 radical (unpaired) electrons. The van der Waals surface area contributed by atoms with Crippen LogP contribution in [0.5, 0.6) is 0 Å². The number of H-pyrrole nitrogens is 1. The smallest absolute Gasteiger partial charge is 0.149 e. The summed E-state index contributed by atoms with van der Waals surface area (Å²) in [5, 5.41) is 9.61. The third kappa shape index (κ3) is 2.59. The van der Waals surface area contributed by atoms with Gasteiger partial charge in [-0.15, -0.1) is 0 Å². The van der Waals surface area contributed by atoms with E-state index in [1.54, 1.807) is 6.07 Å². The van der Waals surface area contributed by atoms with Gasteiger partial charge in [0.2, 0.25) is 0 Å². The molecule has 0 bridgehead atoms. The lowest BCUT2D eigenvalue weighted by molar-refractivity contribution is 0.625. The molecule has 1 aromatic heterocycles. The van der Waals surface area contributed by atoms with E-state index in [1.807, 2.05) is 31.2 Å². The molecule has 3 rings (SSSR count). The van der Waals surface area contributed by atoms with Crippen molar-refractivity contribution in [3.8, 4) is 6.07 Å². The van der Waals surface area contributed by atoms with E-state index in [-0.39, 0.29) is 16.2 Å². The normalized spacial score (nSPS) is 11.6. The molecule has 108 valence electrons. The van der Waals surface area contributed by atoms with Gasteiger partial charge in [-0.1, -0.05) is 23.7 Å². The molecule has 1 N–H and O–H groups in total. The maximum Gasteiger partial charge on any atom is 0.149 e. The lowest BCUT2D eigenvalue weighted by atomic mass is 10.1. The van der Waals surface area contributed by atoms with Gasteiger partial charge < -0.3 is 4.98 Å². The van der Waals surface area contributed by atoms with Gasteiger partial charge in [0.25, 0.3) is 0 Å². The molecule has 5 heteroatoms. The van der Waals surface area contributed by atoms with Crippen LogP contribution in [-0.4, -0.2) is 9.97 Å². The predicted molar refractivity (Wildman–Crippen MR) is 85.7 cm³/mol. The second kappa shape index (κ2) is 5.63. The number of halogens is 2. The first kappa shape index (κ1) is 14.3. The molecule has 0 atom stereocenters. The molecule has 1 heterocycles. The van der Waals surface area contributed by atoms with Crippen molar-refractivity contribution < 1.29 is 4.39 Å². The lowest BCUT2D eigenvalue weighted by Gasteiger charge is -2.00. The zero-order valence-corrected chi connectivity index (χ0v) is 12.4. The highest BCUT2D eigenvalue weighted by atomic mass is 35.5. The fourth-order valence-electron chi connectivity index (χ4n) is 2.20. The van der Waals surface area contributed by atoms with Crippen molar-refractivity contribution in [2.75, 3.05) is 0 Å². The number of aromatic amines is 1. The molecule has 0 saturated carbocycles.